The predicted octanol–water partition coefficient (Wildman–Crippen LogP) is -0.441. The van der Waals surface area contributed by atoms with E-state index in [4.69, 9.17) is 10.5 Å². The standard InChI is InChI=1S/C11H23N3O2/c1-4-13-10(11(12)15)6-14-5-9(3)16-7-8(14)2/h8-10,13H,4-7H2,1-3H3,(H2,12,15). The first-order chi connectivity index (χ1) is 7.54. The molecule has 0 aromatic carbocycles. The maximum Gasteiger partial charge on any atom is 0.235 e. The first-order valence-corrected chi connectivity index (χ1v) is 5.93. The van der Waals surface area contributed by atoms with E-state index in [-0.39, 0.29) is 18.1 Å². The maximum absolute atomic E-state index is 11.3. The molecule has 1 saturated heterocycles. The summed E-state index contributed by atoms with van der Waals surface area (Å²) >= 11 is 0. The van der Waals surface area contributed by atoms with Gasteiger partial charge >= 0.3 is 0 Å². The molecule has 5 nitrogen and oxygen atoms in total. The van der Waals surface area contributed by atoms with E-state index in [1.807, 2.05) is 13.8 Å². The fourth-order valence-electron chi connectivity index (χ4n) is 1.96. The lowest BCUT2D eigenvalue weighted by molar-refractivity contribution is -0.121. The van der Waals surface area contributed by atoms with Gasteiger partial charge in [-0.2, -0.15) is 0 Å². The monoisotopic (exact) mass is 229 g/mol. The van der Waals surface area contributed by atoms with Crippen LogP contribution in [0.1, 0.15) is 20.8 Å². The summed E-state index contributed by atoms with van der Waals surface area (Å²) in [5.74, 6) is -0.284. The molecule has 1 rings (SSSR count). The molecule has 1 aliphatic heterocycles. The second-order valence-corrected chi connectivity index (χ2v) is 4.46. The molecule has 0 aliphatic carbocycles. The SMILES string of the molecule is CCNC(CN1CC(C)OCC1C)C(N)=O. The quantitative estimate of drug-likeness (QED) is 0.670. The Bertz CT molecular complexity index is 235. The summed E-state index contributed by atoms with van der Waals surface area (Å²) in [6.07, 6.45) is 0.228. The smallest absolute Gasteiger partial charge is 0.235 e. The Kier molecular flexibility index (Phi) is 5.18. The Morgan fingerprint density at radius 3 is 2.88 bits per heavy atom. The Hall–Kier alpha value is -0.650. The molecular formula is C11H23N3O2. The van der Waals surface area contributed by atoms with Gasteiger partial charge in [-0.3, -0.25) is 9.69 Å². The molecule has 1 fully saturated rings. The number of morpholine rings is 1. The Morgan fingerprint density at radius 2 is 2.31 bits per heavy atom. The highest BCUT2D eigenvalue weighted by Gasteiger charge is 2.27. The van der Waals surface area contributed by atoms with Crippen LogP contribution in [0.4, 0.5) is 0 Å². The molecule has 0 aromatic rings. The highest BCUT2D eigenvalue weighted by molar-refractivity contribution is 5.80. The highest BCUT2D eigenvalue weighted by Crippen LogP contribution is 2.11. The van der Waals surface area contributed by atoms with Gasteiger partial charge in [0.25, 0.3) is 0 Å². The second-order valence-electron chi connectivity index (χ2n) is 4.46. The van der Waals surface area contributed by atoms with E-state index < -0.39 is 0 Å². The van der Waals surface area contributed by atoms with Gasteiger partial charge in [0.05, 0.1) is 18.8 Å². The zero-order valence-corrected chi connectivity index (χ0v) is 10.4. The van der Waals surface area contributed by atoms with Crippen molar-refractivity contribution in [3.63, 3.8) is 0 Å². The molecule has 16 heavy (non-hydrogen) atoms. The average Bonchev–Trinajstić information content (AvgIpc) is 2.22. The van der Waals surface area contributed by atoms with Gasteiger partial charge in [0.2, 0.25) is 5.91 Å². The lowest BCUT2D eigenvalue weighted by Gasteiger charge is -2.38. The first-order valence-electron chi connectivity index (χ1n) is 5.93. The van der Waals surface area contributed by atoms with Crippen molar-refractivity contribution in [1.29, 1.82) is 0 Å². The molecule has 1 heterocycles. The molecule has 1 amide bonds. The van der Waals surface area contributed by atoms with Crippen molar-refractivity contribution in [3.05, 3.63) is 0 Å². The Labute approximate surface area is 97.3 Å². The molecule has 0 aromatic heterocycles. The molecule has 0 spiro atoms. The fourth-order valence-corrected chi connectivity index (χ4v) is 1.96. The van der Waals surface area contributed by atoms with Gasteiger partial charge in [-0.15, -0.1) is 0 Å². The molecule has 0 radical (unpaired) electrons. The van der Waals surface area contributed by atoms with Crippen LogP contribution in [0, 0.1) is 0 Å². The minimum absolute atomic E-state index is 0.228. The number of likely N-dealkylation sites (N-methyl/N-ethyl adjacent to an activating group) is 1. The fraction of sp³-hybridized carbons (Fsp3) is 0.909. The van der Waals surface area contributed by atoms with E-state index >= 15 is 0 Å². The number of ether oxygens (including phenoxy) is 1. The third-order valence-electron chi connectivity index (χ3n) is 2.95. The molecule has 3 unspecified atom stereocenters. The van der Waals surface area contributed by atoms with E-state index in [1.165, 1.54) is 0 Å². The number of hydrogen-bond acceptors (Lipinski definition) is 4. The van der Waals surface area contributed by atoms with Crippen LogP contribution in [0.15, 0.2) is 0 Å². The van der Waals surface area contributed by atoms with E-state index in [9.17, 15) is 4.79 Å². The van der Waals surface area contributed by atoms with Crippen molar-refractivity contribution in [2.24, 2.45) is 5.73 Å². The zero-order chi connectivity index (χ0) is 12.1. The van der Waals surface area contributed by atoms with E-state index in [0.717, 1.165) is 19.7 Å². The minimum atomic E-state index is -0.284. The number of nitrogens with one attached hydrogen (secondary N) is 1. The molecule has 0 bridgehead atoms. The van der Waals surface area contributed by atoms with Crippen LogP contribution in [-0.2, 0) is 9.53 Å². The van der Waals surface area contributed by atoms with Crippen molar-refractivity contribution in [2.45, 2.75) is 39.0 Å². The Morgan fingerprint density at radius 1 is 1.62 bits per heavy atom. The lowest BCUT2D eigenvalue weighted by Crippen LogP contribution is -2.55. The maximum atomic E-state index is 11.3. The summed E-state index contributed by atoms with van der Waals surface area (Å²) in [5, 5.41) is 3.11. The van der Waals surface area contributed by atoms with Crippen molar-refractivity contribution in [3.8, 4) is 0 Å². The van der Waals surface area contributed by atoms with Gasteiger partial charge in [0.1, 0.15) is 0 Å². The number of rotatable bonds is 5. The lowest BCUT2D eigenvalue weighted by atomic mass is 10.1. The first kappa shape index (κ1) is 13.4. The topological polar surface area (TPSA) is 67.6 Å². The van der Waals surface area contributed by atoms with Crippen molar-refractivity contribution >= 4 is 5.91 Å². The van der Waals surface area contributed by atoms with Crippen LogP contribution < -0.4 is 11.1 Å². The van der Waals surface area contributed by atoms with Gasteiger partial charge in [-0.05, 0) is 20.4 Å². The summed E-state index contributed by atoms with van der Waals surface area (Å²) in [5.41, 5.74) is 5.36. The van der Waals surface area contributed by atoms with Gasteiger partial charge < -0.3 is 15.8 Å². The van der Waals surface area contributed by atoms with Crippen LogP contribution >= 0.6 is 0 Å². The molecule has 3 atom stereocenters. The summed E-state index contributed by atoms with van der Waals surface area (Å²) in [6.45, 7) is 9.12. The number of hydrogen-bond donors (Lipinski definition) is 2. The minimum Gasteiger partial charge on any atom is -0.376 e. The van der Waals surface area contributed by atoms with Crippen LogP contribution in [0.3, 0.4) is 0 Å². The molecule has 94 valence electrons. The number of nitrogens with zero attached hydrogens (tertiary/aromatic N) is 1. The normalized spacial score (nSPS) is 28.9. The van der Waals surface area contributed by atoms with Crippen LogP contribution in [0.5, 0.6) is 0 Å². The van der Waals surface area contributed by atoms with Crippen LogP contribution in [0.2, 0.25) is 0 Å². The largest absolute Gasteiger partial charge is 0.376 e. The zero-order valence-electron chi connectivity index (χ0n) is 10.4. The van der Waals surface area contributed by atoms with Crippen molar-refractivity contribution in [2.75, 3.05) is 26.2 Å². The van der Waals surface area contributed by atoms with Gasteiger partial charge in [-0.1, -0.05) is 6.92 Å². The van der Waals surface area contributed by atoms with E-state index in [1.54, 1.807) is 0 Å². The average molecular weight is 229 g/mol. The van der Waals surface area contributed by atoms with E-state index in [2.05, 4.69) is 17.1 Å². The second kappa shape index (κ2) is 6.18. The number of primary amides is 1. The van der Waals surface area contributed by atoms with Gasteiger partial charge in [0, 0.05) is 19.1 Å². The predicted molar refractivity (Wildman–Crippen MR) is 63.1 cm³/mol. The summed E-state index contributed by atoms with van der Waals surface area (Å²) in [4.78, 5) is 13.5. The number of nitrogens with two attached hydrogens (primary N) is 1. The molecule has 3 N–H and O–H groups in total. The molecule has 0 saturated carbocycles. The third kappa shape index (κ3) is 3.73. The van der Waals surface area contributed by atoms with Gasteiger partial charge in [-0.25, -0.2) is 0 Å². The summed E-state index contributed by atoms with van der Waals surface area (Å²) in [6, 6.07) is 0.0782. The molecular weight excluding hydrogens is 206 g/mol. The Balaban J connectivity index is 2.51. The van der Waals surface area contributed by atoms with E-state index in [0.29, 0.717) is 12.6 Å². The molecule has 5 heteroatoms. The summed E-state index contributed by atoms with van der Waals surface area (Å²) in [7, 11) is 0. The van der Waals surface area contributed by atoms with Crippen LogP contribution in [-0.4, -0.2) is 55.2 Å². The summed E-state index contributed by atoms with van der Waals surface area (Å²) < 4.78 is 5.54. The number of carbonyl (C=O) groups excluding carboxylic acids is 1. The van der Waals surface area contributed by atoms with Crippen molar-refractivity contribution in [1.82, 2.24) is 10.2 Å². The number of amides is 1. The van der Waals surface area contributed by atoms with Crippen LogP contribution in [0.25, 0.3) is 0 Å². The molecule has 1 aliphatic rings. The number of carbonyl (C=O) groups is 1. The highest BCUT2D eigenvalue weighted by atomic mass is 16.5. The van der Waals surface area contributed by atoms with Gasteiger partial charge in [0.15, 0.2) is 0 Å². The van der Waals surface area contributed by atoms with Crippen molar-refractivity contribution < 1.29 is 9.53 Å². The third-order valence-corrected chi connectivity index (χ3v) is 2.95.